The molecule has 4 unspecified atom stereocenters. The van der Waals surface area contributed by atoms with Crippen molar-refractivity contribution in [1.82, 2.24) is 5.32 Å². The molecule has 1 saturated heterocycles. The van der Waals surface area contributed by atoms with Gasteiger partial charge >= 0.3 is 12.1 Å². The third kappa shape index (κ3) is 8.03. The Balaban J connectivity index is 1.22. The number of carbonyl (C=O) groups excluding carboxylic acids is 4. The number of phenolic OH excluding ortho intramolecular Hbond substituents is 2. The van der Waals surface area contributed by atoms with Crippen LogP contribution in [0.4, 0.5) is 13.2 Å². The summed E-state index contributed by atoms with van der Waals surface area (Å²) in [5.74, 6) is -5.57. The van der Waals surface area contributed by atoms with Crippen LogP contribution in [0.5, 0.6) is 23.0 Å². The van der Waals surface area contributed by atoms with Crippen molar-refractivity contribution in [3.8, 4) is 23.0 Å². The fourth-order valence-electron chi connectivity index (χ4n) is 8.81. The molecule has 0 aromatic heterocycles. The Morgan fingerprint density at radius 1 is 0.785 bits per heavy atom. The molecule has 16 heteroatoms. The summed E-state index contributed by atoms with van der Waals surface area (Å²) in [7, 11) is 2.82. The van der Waals surface area contributed by atoms with Gasteiger partial charge in [-0.1, -0.05) is 84.9 Å². The molecule has 3 aliphatic rings. The largest absolute Gasteiger partial charge is 0.507 e. The van der Waals surface area contributed by atoms with Gasteiger partial charge in [0.2, 0.25) is 5.78 Å². The van der Waals surface area contributed by atoms with E-state index in [1.807, 2.05) is 72.8 Å². The van der Waals surface area contributed by atoms with Crippen LogP contribution < -0.4 is 14.8 Å². The first-order valence-corrected chi connectivity index (χ1v) is 20.5. The summed E-state index contributed by atoms with van der Waals surface area (Å²) in [4.78, 5) is 55.0. The minimum Gasteiger partial charge on any atom is -0.507 e. The number of aliphatic hydroxyl groups excluding tert-OH is 1. The number of fused-ring (bicyclic) bond motifs is 3. The molecule has 1 amide bonds. The molecule has 336 valence electrons. The lowest BCUT2D eigenvalue weighted by atomic mass is 9.77. The van der Waals surface area contributed by atoms with E-state index < -0.39 is 101 Å². The predicted molar refractivity (Wildman–Crippen MR) is 226 cm³/mol. The molecule has 0 saturated carbocycles. The zero-order chi connectivity index (χ0) is 46.4. The molecule has 1 fully saturated rings. The summed E-state index contributed by atoms with van der Waals surface area (Å²) in [6.07, 6.45) is -10.7. The molecule has 1 heterocycles. The first kappa shape index (κ1) is 44.7. The maximum absolute atomic E-state index is 14.7. The van der Waals surface area contributed by atoms with Crippen LogP contribution in [0.3, 0.4) is 0 Å². The first-order valence-electron chi connectivity index (χ1n) is 20.5. The number of rotatable bonds is 12. The van der Waals surface area contributed by atoms with E-state index in [4.69, 9.17) is 23.7 Å². The number of aliphatic hydroxyl groups is 1. The Morgan fingerprint density at radius 2 is 1.40 bits per heavy atom. The number of hydrogen-bond acceptors (Lipinski definition) is 12. The van der Waals surface area contributed by atoms with Crippen molar-refractivity contribution >= 4 is 29.3 Å². The second kappa shape index (κ2) is 17.6. The molecule has 65 heavy (non-hydrogen) atoms. The molecular formula is C49H42F3NO12. The van der Waals surface area contributed by atoms with Gasteiger partial charge in [-0.25, -0.2) is 0 Å². The van der Waals surface area contributed by atoms with E-state index in [9.17, 15) is 47.7 Å². The van der Waals surface area contributed by atoms with Gasteiger partial charge in [-0.3, -0.25) is 19.2 Å². The first-order chi connectivity index (χ1) is 31.1. The molecule has 0 radical (unpaired) electrons. The highest BCUT2D eigenvalue weighted by Crippen LogP contribution is 2.52. The summed E-state index contributed by atoms with van der Waals surface area (Å²) in [5, 5.41) is 36.6. The van der Waals surface area contributed by atoms with Crippen molar-refractivity contribution in [1.29, 1.82) is 0 Å². The maximum atomic E-state index is 14.7. The molecule has 0 spiro atoms. The van der Waals surface area contributed by atoms with Crippen molar-refractivity contribution in [3.63, 3.8) is 0 Å². The average molecular weight is 894 g/mol. The van der Waals surface area contributed by atoms with Gasteiger partial charge in [-0.2, -0.15) is 13.2 Å². The summed E-state index contributed by atoms with van der Waals surface area (Å²) >= 11 is 0. The van der Waals surface area contributed by atoms with Crippen LogP contribution >= 0.6 is 0 Å². The highest BCUT2D eigenvalue weighted by Gasteiger charge is 2.47. The SMILES string of the molecule is COc1ccc(C(OCC(=O)C2=Cc3c(O)c4c(c(O)c3[C@@H](OC3CC(NC(=O)C(F)(F)F)C(O)C(C)O3)C2)C(=O)c2c(OC)cccc2C4=O)(c2ccccc2)c2ccccc2)cc1. The van der Waals surface area contributed by atoms with Gasteiger partial charge in [0.15, 0.2) is 17.9 Å². The minimum absolute atomic E-state index is 0.0236. The van der Waals surface area contributed by atoms with Gasteiger partial charge in [0.05, 0.1) is 49.2 Å². The molecule has 1 aliphatic heterocycles. The Kier molecular flexibility index (Phi) is 12.1. The standard InChI is InChI=1S/C49H42F3NO12/c1-25-42(55)33(53-47(60)49(50,51)52)23-37(64-25)65-36-22-26(21-32-39(36)46(59)41-40(44(32)57)43(56)31-15-10-16-35(62-3)38(31)45(41)58)34(54)24-63-48(27-11-6-4-7-12-27,28-13-8-5-9-14-28)29-17-19-30(61-2)20-18-29/h4-21,25,33,36-37,42,55,57,59H,22-24H2,1-3H3,(H,53,60)/t25?,33?,36-,37?,42?/m0/s1. The van der Waals surface area contributed by atoms with Crippen LogP contribution in [-0.2, 0) is 29.4 Å². The van der Waals surface area contributed by atoms with E-state index in [0.29, 0.717) is 22.4 Å². The van der Waals surface area contributed by atoms with E-state index in [2.05, 4.69) is 0 Å². The predicted octanol–water partition coefficient (Wildman–Crippen LogP) is 6.86. The lowest BCUT2D eigenvalue weighted by Crippen LogP contribution is -2.57. The fraction of sp³-hybridized carbons (Fsp3) is 0.265. The van der Waals surface area contributed by atoms with Crippen LogP contribution in [0.25, 0.3) is 6.08 Å². The van der Waals surface area contributed by atoms with Crippen molar-refractivity contribution in [3.05, 3.63) is 159 Å². The van der Waals surface area contributed by atoms with Gasteiger partial charge in [-0.05, 0) is 47.9 Å². The second-order valence-electron chi connectivity index (χ2n) is 15.7. The smallest absolute Gasteiger partial charge is 0.471 e. The summed E-state index contributed by atoms with van der Waals surface area (Å²) in [6, 6.07) is 28.3. The molecule has 0 bridgehead atoms. The highest BCUT2D eigenvalue weighted by atomic mass is 19.4. The number of amides is 1. The zero-order valence-corrected chi connectivity index (χ0v) is 35.1. The van der Waals surface area contributed by atoms with E-state index >= 15 is 0 Å². The summed E-state index contributed by atoms with van der Waals surface area (Å²) < 4.78 is 69.8. The minimum atomic E-state index is -5.28. The van der Waals surface area contributed by atoms with Crippen molar-refractivity contribution in [2.75, 3.05) is 20.8 Å². The maximum Gasteiger partial charge on any atom is 0.471 e. The van der Waals surface area contributed by atoms with Crippen molar-refractivity contribution in [2.24, 2.45) is 0 Å². The zero-order valence-electron chi connectivity index (χ0n) is 35.1. The molecule has 4 N–H and O–H groups in total. The number of hydrogen-bond donors (Lipinski definition) is 4. The fourth-order valence-corrected chi connectivity index (χ4v) is 8.81. The number of benzene rings is 5. The number of methoxy groups -OCH3 is 2. The van der Waals surface area contributed by atoms with Gasteiger partial charge in [0, 0.05) is 35.1 Å². The molecule has 8 rings (SSSR count). The molecule has 2 aliphatic carbocycles. The number of phenols is 2. The Morgan fingerprint density at radius 3 is 2.00 bits per heavy atom. The van der Waals surface area contributed by atoms with Crippen LogP contribution in [-0.4, -0.2) is 90.1 Å². The Bertz CT molecular complexity index is 2660. The second-order valence-corrected chi connectivity index (χ2v) is 15.7. The Labute approximate surface area is 370 Å². The van der Waals surface area contributed by atoms with Gasteiger partial charge in [-0.15, -0.1) is 0 Å². The van der Waals surface area contributed by atoms with Gasteiger partial charge < -0.3 is 44.3 Å². The molecule has 5 atom stereocenters. The van der Waals surface area contributed by atoms with E-state index in [0.717, 1.165) is 0 Å². The van der Waals surface area contributed by atoms with Crippen LogP contribution in [0.2, 0.25) is 0 Å². The van der Waals surface area contributed by atoms with E-state index in [1.54, 1.807) is 17.4 Å². The Hall–Kier alpha value is -6.85. The number of halogens is 3. The molecule has 5 aromatic carbocycles. The molecule has 13 nitrogen and oxygen atoms in total. The highest BCUT2D eigenvalue weighted by molar-refractivity contribution is 6.31. The quantitative estimate of drug-likeness (QED) is 0.0740. The lowest BCUT2D eigenvalue weighted by molar-refractivity contribution is -0.244. The van der Waals surface area contributed by atoms with E-state index in [-0.39, 0.29) is 40.0 Å². The summed E-state index contributed by atoms with van der Waals surface area (Å²) in [6.45, 7) is 0.748. The number of alkyl halides is 3. The molecular weight excluding hydrogens is 852 g/mol. The summed E-state index contributed by atoms with van der Waals surface area (Å²) in [5.41, 5.74) is -1.34. The number of aromatic hydroxyl groups is 2. The average Bonchev–Trinajstić information content (AvgIpc) is 3.31. The van der Waals surface area contributed by atoms with Crippen LogP contribution in [0, 0.1) is 0 Å². The third-order valence-corrected chi connectivity index (χ3v) is 12.0. The topological polar surface area (TPSA) is 187 Å². The monoisotopic (exact) mass is 893 g/mol. The number of Topliss-reactive ketones (excluding diaryl/α,β-unsaturated/α-hetero) is 1. The van der Waals surface area contributed by atoms with Crippen LogP contribution in [0.1, 0.15) is 85.5 Å². The number of carbonyl (C=O) groups is 4. The number of ketones is 3. The normalized spacial score (nSPS) is 20.5. The van der Waals surface area contributed by atoms with Crippen LogP contribution in [0.15, 0.2) is 109 Å². The van der Waals surface area contributed by atoms with Crippen molar-refractivity contribution < 1.29 is 71.4 Å². The molecule has 5 aromatic rings. The van der Waals surface area contributed by atoms with Gasteiger partial charge in [0.1, 0.15) is 41.3 Å². The van der Waals surface area contributed by atoms with E-state index in [1.165, 1.54) is 45.4 Å². The number of ether oxygens (including phenoxy) is 5. The third-order valence-electron chi connectivity index (χ3n) is 12.0. The lowest BCUT2D eigenvalue weighted by Gasteiger charge is -2.40. The number of nitrogens with one attached hydrogen (secondary N) is 1. The van der Waals surface area contributed by atoms with Crippen molar-refractivity contribution in [2.45, 2.75) is 62.2 Å². The van der Waals surface area contributed by atoms with Gasteiger partial charge in [0.25, 0.3) is 0 Å².